The molecule has 0 spiro atoms. The van der Waals surface area contributed by atoms with Gasteiger partial charge in [-0.1, -0.05) is 18.7 Å². The van der Waals surface area contributed by atoms with E-state index in [0.717, 1.165) is 0 Å². The number of phenolic OH excluding ortho intramolecular Hbond substituents is 1. The van der Waals surface area contributed by atoms with Crippen molar-refractivity contribution in [2.24, 2.45) is 0 Å². The van der Waals surface area contributed by atoms with E-state index >= 15 is 0 Å². The Hall–Kier alpha value is -1.77. The molecule has 0 radical (unpaired) electrons. The number of carbonyl (C=O) groups excluding carboxylic acids is 1. The van der Waals surface area contributed by atoms with Gasteiger partial charge in [-0.25, -0.2) is 0 Å². The number of amides is 1. The van der Waals surface area contributed by atoms with Gasteiger partial charge in [0.1, 0.15) is 5.75 Å². The molecule has 0 bridgehead atoms. The van der Waals surface area contributed by atoms with Crippen LogP contribution in [0.1, 0.15) is 6.92 Å². The summed E-state index contributed by atoms with van der Waals surface area (Å²) in [7, 11) is 0. The molecule has 0 aliphatic carbocycles. The molecule has 68 valence electrons. The van der Waals surface area contributed by atoms with Gasteiger partial charge in [0.2, 0.25) is 0 Å². The third-order valence-electron chi connectivity index (χ3n) is 1.54. The SMILES string of the molecule is C=C(C)C(=O)Nc1ccccc1O. The average molecular weight is 177 g/mol. The van der Waals surface area contributed by atoms with Gasteiger partial charge in [-0.05, 0) is 19.1 Å². The van der Waals surface area contributed by atoms with Crippen LogP contribution in [0, 0.1) is 0 Å². The lowest BCUT2D eigenvalue weighted by Crippen LogP contribution is -2.11. The molecule has 0 unspecified atom stereocenters. The van der Waals surface area contributed by atoms with E-state index in [1.54, 1.807) is 25.1 Å². The predicted octanol–water partition coefficient (Wildman–Crippen LogP) is 1.91. The van der Waals surface area contributed by atoms with Crippen molar-refractivity contribution in [3.05, 3.63) is 36.4 Å². The van der Waals surface area contributed by atoms with E-state index in [0.29, 0.717) is 11.3 Å². The van der Waals surface area contributed by atoms with Gasteiger partial charge in [-0.15, -0.1) is 0 Å². The molecule has 0 aromatic heterocycles. The zero-order chi connectivity index (χ0) is 9.84. The molecule has 1 amide bonds. The predicted molar refractivity (Wildman–Crippen MR) is 51.6 cm³/mol. The third kappa shape index (κ3) is 2.33. The standard InChI is InChI=1S/C10H11NO2/c1-7(2)10(13)11-8-5-3-4-6-9(8)12/h3-6,12H,1H2,2H3,(H,11,13). The highest BCUT2D eigenvalue weighted by Gasteiger charge is 2.04. The van der Waals surface area contributed by atoms with E-state index in [2.05, 4.69) is 11.9 Å². The Bertz CT molecular complexity index is 345. The summed E-state index contributed by atoms with van der Waals surface area (Å²) in [5.74, 6) is -0.237. The van der Waals surface area contributed by atoms with Gasteiger partial charge in [0.05, 0.1) is 5.69 Å². The lowest BCUT2D eigenvalue weighted by atomic mass is 10.2. The number of carbonyl (C=O) groups is 1. The molecule has 0 aliphatic rings. The molecular formula is C10H11NO2. The summed E-state index contributed by atoms with van der Waals surface area (Å²) in [5, 5.41) is 11.8. The minimum Gasteiger partial charge on any atom is -0.506 e. The van der Waals surface area contributed by atoms with E-state index in [4.69, 9.17) is 0 Å². The van der Waals surface area contributed by atoms with Gasteiger partial charge in [0.25, 0.3) is 5.91 Å². The highest BCUT2D eigenvalue weighted by molar-refractivity contribution is 6.03. The Morgan fingerprint density at radius 3 is 2.62 bits per heavy atom. The van der Waals surface area contributed by atoms with Gasteiger partial charge in [0.15, 0.2) is 0 Å². The minimum atomic E-state index is -0.290. The Labute approximate surface area is 76.7 Å². The van der Waals surface area contributed by atoms with Gasteiger partial charge >= 0.3 is 0 Å². The molecule has 0 heterocycles. The van der Waals surface area contributed by atoms with Crippen LogP contribution < -0.4 is 5.32 Å². The van der Waals surface area contributed by atoms with Crippen molar-refractivity contribution in [2.75, 3.05) is 5.32 Å². The molecule has 13 heavy (non-hydrogen) atoms. The van der Waals surface area contributed by atoms with E-state index in [1.165, 1.54) is 6.07 Å². The molecule has 3 heteroatoms. The quantitative estimate of drug-likeness (QED) is 0.535. The van der Waals surface area contributed by atoms with Crippen molar-refractivity contribution >= 4 is 11.6 Å². The number of para-hydroxylation sites is 2. The van der Waals surface area contributed by atoms with Crippen LogP contribution in [0.4, 0.5) is 5.69 Å². The molecule has 0 atom stereocenters. The Kier molecular flexibility index (Phi) is 2.69. The van der Waals surface area contributed by atoms with E-state index in [1.807, 2.05) is 0 Å². The summed E-state index contributed by atoms with van der Waals surface area (Å²) < 4.78 is 0. The minimum absolute atomic E-state index is 0.0529. The van der Waals surface area contributed by atoms with E-state index in [9.17, 15) is 9.90 Å². The van der Waals surface area contributed by atoms with Crippen molar-refractivity contribution in [3.8, 4) is 5.75 Å². The van der Waals surface area contributed by atoms with Crippen LogP contribution in [-0.4, -0.2) is 11.0 Å². The molecule has 1 rings (SSSR count). The first-order valence-corrected chi connectivity index (χ1v) is 3.86. The zero-order valence-corrected chi connectivity index (χ0v) is 7.37. The summed E-state index contributed by atoms with van der Waals surface area (Å²) in [4.78, 5) is 11.1. The number of aromatic hydroxyl groups is 1. The first kappa shape index (κ1) is 9.32. The molecular weight excluding hydrogens is 166 g/mol. The van der Waals surface area contributed by atoms with Crippen molar-refractivity contribution in [3.63, 3.8) is 0 Å². The summed E-state index contributed by atoms with van der Waals surface area (Å²) in [5.41, 5.74) is 0.804. The monoisotopic (exact) mass is 177 g/mol. The normalized spacial score (nSPS) is 9.31. The lowest BCUT2D eigenvalue weighted by molar-refractivity contribution is -0.112. The fourth-order valence-electron chi connectivity index (χ4n) is 0.808. The second-order valence-electron chi connectivity index (χ2n) is 2.75. The van der Waals surface area contributed by atoms with E-state index < -0.39 is 0 Å². The summed E-state index contributed by atoms with van der Waals surface area (Å²) in [6.45, 7) is 5.09. The molecule has 1 aromatic rings. The van der Waals surface area contributed by atoms with Crippen molar-refractivity contribution < 1.29 is 9.90 Å². The maximum Gasteiger partial charge on any atom is 0.250 e. The molecule has 3 nitrogen and oxygen atoms in total. The fourth-order valence-corrected chi connectivity index (χ4v) is 0.808. The Balaban J connectivity index is 2.81. The number of rotatable bonds is 2. The average Bonchev–Trinajstić information content (AvgIpc) is 2.08. The number of hydrogen-bond acceptors (Lipinski definition) is 2. The smallest absolute Gasteiger partial charge is 0.250 e. The van der Waals surface area contributed by atoms with Crippen molar-refractivity contribution in [1.82, 2.24) is 0 Å². The van der Waals surface area contributed by atoms with Gasteiger partial charge in [0, 0.05) is 5.57 Å². The van der Waals surface area contributed by atoms with Crippen molar-refractivity contribution in [2.45, 2.75) is 6.92 Å². The number of anilines is 1. The number of nitrogens with one attached hydrogen (secondary N) is 1. The van der Waals surface area contributed by atoms with Crippen LogP contribution in [0.3, 0.4) is 0 Å². The largest absolute Gasteiger partial charge is 0.506 e. The number of benzene rings is 1. The molecule has 0 aliphatic heterocycles. The van der Waals surface area contributed by atoms with Crippen LogP contribution in [-0.2, 0) is 4.79 Å². The van der Waals surface area contributed by atoms with Crippen LogP contribution in [0.15, 0.2) is 36.4 Å². The summed E-state index contributed by atoms with van der Waals surface area (Å²) in [6.07, 6.45) is 0. The van der Waals surface area contributed by atoms with Gasteiger partial charge in [-0.2, -0.15) is 0 Å². The third-order valence-corrected chi connectivity index (χ3v) is 1.54. The number of hydrogen-bond donors (Lipinski definition) is 2. The number of phenols is 1. The molecule has 2 N–H and O–H groups in total. The summed E-state index contributed by atoms with van der Waals surface area (Å²) >= 11 is 0. The summed E-state index contributed by atoms with van der Waals surface area (Å²) in [6, 6.07) is 6.55. The van der Waals surface area contributed by atoms with Crippen LogP contribution >= 0.6 is 0 Å². The lowest BCUT2D eigenvalue weighted by Gasteiger charge is -2.05. The van der Waals surface area contributed by atoms with Gasteiger partial charge in [-0.3, -0.25) is 4.79 Å². The fraction of sp³-hybridized carbons (Fsp3) is 0.100. The maximum atomic E-state index is 11.1. The molecule has 0 saturated carbocycles. The van der Waals surface area contributed by atoms with Crippen molar-refractivity contribution in [1.29, 1.82) is 0 Å². The topological polar surface area (TPSA) is 49.3 Å². The highest BCUT2D eigenvalue weighted by Crippen LogP contribution is 2.21. The second-order valence-corrected chi connectivity index (χ2v) is 2.75. The highest BCUT2D eigenvalue weighted by atomic mass is 16.3. The molecule has 0 fully saturated rings. The zero-order valence-electron chi connectivity index (χ0n) is 7.37. The van der Waals surface area contributed by atoms with Gasteiger partial charge < -0.3 is 10.4 Å². The van der Waals surface area contributed by atoms with E-state index in [-0.39, 0.29) is 11.7 Å². The first-order valence-electron chi connectivity index (χ1n) is 3.86. The second kappa shape index (κ2) is 3.76. The van der Waals surface area contributed by atoms with Crippen LogP contribution in [0.5, 0.6) is 5.75 Å². The Morgan fingerprint density at radius 2 is 2.08 bits per heavy atom. The maximum absolute atomic E-state index is 11.1. The molecule has 0 saturated heterocycles. The van der Waals surface area contributed by atoms with Crippen LogP contribution in [0.2, 0.25) is 0 Å². The molecule has 1 aromatic carbocycles. The first-order chi connectivity index (χ1) is 6.11. The Morgan fingerprint density at radius 1 is 1.46 bits per heavy atom. The van der Waals surface area contributed by atoms with Crippen LogP contribution in [0.25, 0.3) is 0 Å².